The molecule has 28 heavy (non-hydrogen) atoms. The third-order valence-electron chi connectivity index (χ3n) is 4.69. The van der Waals surface area contributed by atoms with Gasteiger partial charge in [0.15, 0.2) is 5.78 Å². The number of hydrogen-bond acceptors (Lipinski definition) is 4. The van der Waals surface area contributed by atoms with Crippen molar-refractivity contribution in [1.29, 1.82) is 0 Å². The fourth-order valence-electron chi connectivity index (χ4n) is 3.25. The molecule has 0 saturated carbocycles. The van der Waals surface area contributed by atoms with Crippen molar-refractivity contribution < 1.29 is 18.8 Å². The SMILES string of the molecule is CC(=O)Nc1cccc(C(=O)N2CCN(c3ccc(C(C)=O)cc3F)CC2)c1. The van der Waals surface area contributed by atoms with E-state index < -0.39 is 5.82 Å². The standard InChI is InChI=1S/C21H22FN3O3/c1-14(26)16-6-7-20(19(22)13-16)24-8-10-25(11-9-24)21(28)17-4-3-5-18(12-17)23-15(2)27/h3-7,12-13H,8-11H2,1-2H3,(H,23,27). The number of ketones is 1. The highest BCUT2D eigenvalue weighted by Crippen LogP contribution is 2.23. The maximum atomic E-state index is 14.4. The Morgan fingerprint density at radius 3 is 2.25 bits per heavy atom. The summed E-state index contributed by atoms with van der Waals surface area (Å²) in [7, 11) is 0. The maximum absolute atomic E-state index is 14.4. The van der Waals surface area contributed by atoms with Gasteiger partial charge in [-0.1, -0.05) is 6.07 Å². The number of hydrogen-bond donors (Lipinski definition) is 1. The van der Waals surface area contributed by atoms with Crippen molar-refractivity contribution in [2.45, 2.75) is 13.8 Å². The lowest BCUT2D eigenvalue weighted by atomic mass is 10.1. The molecule has 0 radical (unpaired) electrons. The molecule has 1 heterocycles. The van der Waals surface area contributed by atoms with Crippen LogP contribution in [0.15, 0.2) is 42.5 Å². The monoisotopic (exact) mass is 383 g/mol. The third-order valence-corrected chi connectivity index (χ3v) is 4.69. The normalized spacial score (nSPS) is 14.0. The second-order valence-corrected chi connectivity index (χ2v) is 6.76. The van der Waals surface area contributed by atoms with Crippen LogP contribution in [0.4, 0.5) is 15.8 Å². The van der Waals surface area contributed by atoms with Crippen LogP contribution in [0, 0.1) is 5.82 Å². The summed E-state index contributed by atoms with van der Waals surface area (Å²) >= 11 is 0. The second kappa shape index (κ2) is 8.21. The minimum Gasteiger partial charge on any atom is -0.366 e. The minimum atomic E-state index is -0.435. The van der Waals surface area contributed by atoms with E-state index in [4.69, 9.17) is 0 Å². The lowest BCUT2D eigenvalue weighted by Gasteiger charge is -2.36. The molecular formula is C21H22FN3O3. The first-order valence-corrected chi connectivity index (χ1v) is 9.07. The van der Waals surface area contributed by atoms with Crippen LogP contribution in [0.5, 0.6) is 0 Å². The van der Waals surface area contributed by atoms with Gasteiger partial charge in [0.25, 0.3) is 5.91 Å². The zero-order valence-corrected chi connectivity index (χ0v) is 15.9. The fraction of sp³-hybridized carbons (Fsp3) is 0.286. The molecule has 1 fully saturated rings. The van der Waals surface area contributed by atoms with Crippen LogP contribution in [-0.2, 0) is 4.79 Å². The zero-order valence-electron chi connectivity index (χ0n) is 15.9. The highest BCUT2D eigenvalue weighted by molar-refractivity contribution is 5.97. The molecule has 0 atom stereocenters. The van der Waals surface area contributed by atoms with E-state index in [0.717, 1.165) is 0 Å². The minimum absolute atomic E-state index is 0.126. The number of nitrogens with one attached hydrogen (secondary N) is 1. The van der Waals surface area contributed by atoms with Crippen LogP contribution in [0.2, 0.25) is 0 Å². The number of rotatable bonds is 4. The zero-order chi connectivity index (χ0) is 20.3. The van der Waals surface area contributed by atoms with E-state index >= 15 is 0 Å². The Labute approximate surface area is 162 Å². The highest BCUT2D eigenvalue weighted by atomic mass is 19.1. The summed E-state index contributed by atoms with van der Waals surface area (Å²) in [6, 6.07) is 11.3. The lowest BCUT2D eigenvalue weighted by molar-refractivity contribution is -0.114. The van der Waals surface area contributed by atoms with Crippen molar-refractivity contribution in [3.8, 4) is 0 Å². The third kappa shape index (κ3) is 4.36. The molecule has 1 N–H and O–H groups in total. The summed E-state index contributed by atoms with van der Waals surface area (Å²) in [6.07, 6.45) is 0. The topological polar surface area (TPSA) is 69.7 Å². The summed E-state index contributed by atoms with van der Waals surface area (Å²) in [5, 5.41) is 2.67. The molecule has 2 aromatic carbocycles. The number of piperazine rings is 1. The van der Waals surface area contributed by atoms with Gasteiger partial charge in [-0.2, -0.15) is 0 Å². The van der Waals surface area contributed by atoms with Crippen molar-refractivity contribution in [2.75, 3.05) is 36.4 Å². The quantitative estimate of drug-likeness (QED) is 0.825. The summed E-state index contributed by atoms with van der Waals surface area (Å²) in [6.45, 7) is 4.71. The number of Topliss-reactive ketones (excluding diaryl/α,β-unsaturated/α-hetero) is 1. The molecular weight excluding hydrogens is 361 g/mol. The molecule has 6 nitrogen and oxygen atoms in total. The van der Waals surface area contributed by atoms with E-state index in [2.05, 4.69) is 5.32 Å². The Morgan fingerprint density at radius 2 is 1.64 bits per heavy atom. The highest BCUT2D eigenvalue weighted by Gasteiger charge is 2.24. The number of nitrogens with zero attached hydrogens (tertiary/aromatic N) is 2. The predicted octanol–water partition coefficient (Wildman–Crippen LogP) is 2.95. The maximum Gasteiger partial charge on any atom is 0.254 e. The van der Waals surface area contributed by atoms with Crippen molar-refractivity contribution in [3.63, 3.8) is 0 Å². The number of benzene rings is 2. The van der Waals surface area contributed by atoms with Crippen LogP contribution < -0.4 is 10.2 Å². The first-order valence-electron chi connectivity index (χ1n) is 9.07. The van der Waals surface area contributed by atoms with E-state index in [1.165, 1.54) is 19.9 Å². The van der Waals surface area contributed by atoms with Gasteiger partial charge in [-0.05, 0) is 43.3 Å². The number of amides is 2. The Hall–Kier alpha value is -3.22. The number of anilines is 2. The lowest BCUT2D eigenvalue weighted by Crippen LogP contribution is -2.49. The van der Waals surface area contributed by atoms with Crippen molar-refractivity contribution in [1.82, 2.24) is 4.90 Å². The summed E-state index contributed by atoms with van der Waals surface area (Å²) in [5.74, 6) is -0.937. The number of halogens is 1. The van der Waals surface area contributed by atoms with Crippen LogP contribution in [0.25, 0.3) is 0 Å². The molecule has 1 saturated heterocycles. The largest absolute Gasteiger partial charge is 0.366 e. The van der Waals surface area contributed by atoms with Gasteiger partial charge in [0.05, 0.1) is 5.69 Å². The molecule has 0 unspecified atom stereocenters. The number of carbonyl (C=O) groups is 3. The first kappa shape index (κ1) is 19.5. The Morgan fingerprint density at radius 1 is 0.929 bits per heavy atom. The molecule has 3 rings (SSSR count). The molecule has 1 aliphatic heterocycles. The van der Waals surface area contributed by atoms with Crippen LogP contribution in [0.3, 0.4) is 0 Å². The molecule has 7 heteroatoms. The fourth-order valence-corrected chi connectivity index (χ4v) is 3.25. The van der Waals surface area contributed by atoms with Gasteiger partial charge in [0, 0.05) is 49.9 Å². The smallest absolute Gasteiger partial charge is 0.254 e. The molecule has 0 aromatic heterocycles. The average Bonchev–Trinajstić information content (AvgIpc) is 2.67. The van der Waals surface area contributed by atoms with Gasteiger partial charge in [-0.3, -0.25) is 14.4 Å². The molecule has 2 aromatic rings. The predicted molar refractivity (Wildman–Crippen MR) is 105 cm³/mol. The second-order valence-electron chi connectivity index (χ2n) is 6.76. The first-order chi connectivity index (χ1) is 13.3. The van der Waals surface area contributed by atoms with Crippen molar-refractivity contribution in [2.24, 2.45) is 0 Å². The van der Waals surface area contributed by atoms with Crippen LogP contribution in [0.1, 0.15) is 34.6 Å². The van der Waals surface area contributed by atoms with E-state index in [9.17, 15) is 18.8 Å². The Kier molecular flexibility index (Phi) is 5.73. The molecule has 1 aliphatic rings. The van der Waals surface area contributed by atoms with Gasteiger partial charge in [0.2, 0.25) is 5.91 Å². The number of carbonyl (C=O) groups excluding carboxylic acids is 3. The Balaban J connectivity index is 1.66. The van der Waals surface area contributed by atoms with E-state index in [0.29, 0.717) is 48.7 Å². The molecule has 0 bridgehead atoms. The summed E-state index contributed by atoms with van der Waals surface area (Å²) in [4.78, 5) is 38.9. The van der Waals surface area contributed by atoms with Crippen LogP contribution in [-0.4, -0.2) is 48.7 Å². The van der Waals surface area contributed by atoms with Crippen LogP contribution >= 0.6 is 0 Å². The van der Waals surface area contributed by atoms with E-state index in [1.54, 1.807) is 41.3 Å². The van der Waals surface area contributed by atoms with E-state index in [-0.39, 0.29) is 17.6 Å². The molecule has 0 aliphatic carbocycles. The van der Waals surface area contributed by atoms with Gasteiger partial charge < -0.3 is 15.1 Å². The van der Waals surface area contributed by atoms with Gasteiger partial charge >= 0.3 is 0 Å². The summed E-state index contributed by atoms with van der Waals surface area (Å²) in [5.41, 5.74) is 1.85. The summed E-state index contributed by atoms with van der Waals surface area (Å²) < 4.78 is 14.4. The van der Waals surface area contributed by atoms with E-state index in [1.807, 2.05) is 4.90 Å². The van der Waals surface area contributed by atoms with Gasteiger partial charge in [-0.25, -0.2) is 4.39 Å². The van der Waals surface area contributed by atoms with Gasteiger partial charge in [-0.15, -0.1) is 0 Å². The van der Waals surface area contributed by atoms with Crippen molar-refractivity contribution >= 4 is 29.0 Å². The van der Waals surface area contributed by atoms with Gasteiger partial charge in [0.1, 0.15) is 5.82 Å². The Bertz CT molecular complexity index is 921. The average molecular weight is 383 g/mol. The molecule has 146 valence electrons. The molecule has 0 spiro atoms. The van der Waals surface area contributed by atoms with Crippen molar-refractivity contribution in [3.05, 3.63) is 59.4 Å². The molecule has 2 amide bonds.